The van der Waals surface area contributed by atoms with E-state index >= 15 is 0 Å². The number of rotatable bonds is 5. The van der Waals surface area contributed by atoms with Crippen LogP contribution in [-0.4, -0.2) is 47.9 Å². The highest BCUT2D eigenvalue weighted by Crippen LogP contribution is 2.20. The number of furan rings is 1. The topological polar surface area (TPSA) is 75.0 Å². The van der Waals surface area contributed by atoms with Crippen LogP contribution in [0.5, 0.6) is 5.75 Å². The number of nitrogens with zero attached hydrogens (tertiary/aromatic N) is 2. The second-order valence-electron chi connectivity index (χ2n) is 7.13. The number of benzene rings is 2. The molecule has 1 N–H and O–H groups in total. The molecule has 1 aliphatic rings. The molecule has 1 aromatic heterocycles. The van der Waals surface area contributed by atoms with Crippen LogP contribution in [0, 0.1) is 5.82 Å². The maximum Gasteiger partial charge on any atom is 0.321 e. The van der Waals surface area contributed by atoms with Gasteiger partial charge < -0.3 is 24.3 Å². The number of halogens is 1. The van der Waals surface area contributed by atoms with E-state index in [1.807, 2.05) is 0 Å². The van der Waals surface area contributed by atoms with Gasteiger partial charge in [0.2, 0.25) is 0 Å². The number of ether oxygens (including phenoxy) is 1. The minimum Gasteiger partial charge on any atom is -0.489 e. The Morgan fingerprint density at radius 3 is 2.42 bits per heavy atom. The van der Waals surface area contributed by atoms with Gasteiger partial charge in [-0.1, -0.05) is 18.2 Å². The monoisotopic (exact) mass is 423 g/mol. The Balaban J connectivity index is 1.28. The van der Waals surface area contributed by atoms with E-state index in [0.717, 1.165) is 5.56 Å². The van der Waals surface area contributed by atoms with Crippen LogP contribution in [-0.2, 0) is 6.61 Å². The molecular formula is C23H22FN3O4. The summed E-state index contributed by atoms with van der Waals surface area (Å²) in [6.07, 6.45) is 1.47. The van der Waals surface area contributed by atoms with Crippen LogP contribution in [0.15, 0.2) is 71.3 Å². The minimum absolute atomic E-state index is 0.170. The number of piperazine rings is 1. The number of urea groups is 1. The van der Waals surface area contributed by atoms with Crippen LogP contribution >= 0.6 is 0 Å². The molecule has 8 heteroatoms. The maximum atomic E-state index is 13.0. The number of amides is 3. The second-order valence-corrected chi connectivity index (χ2v) is 7.13. The van der Waals surface area contributed by atoms with Crippen molar-refractivity contribution in [2.75, 3.05) is 31.5 Å². The molecule has 1 fully saturated rings. The highest BCUT2D eigenvalue weighted by molar-refractivity contribution is 5.92. The minimum atomic E-state index is -0.292. The molecule has 1 saturated heterocycles. The Labute approximate surface area is 179 Å². The predicted molar refractivity (Wildman–Crippen MR) is 112 cm³/mol. The van der Waals surface area contributed by atoms with Gasteiger partial charge in [-0.05, 0) is 42.0 Å². The Morgan fingerprint density at radius 1 is 0.968 bits per heavy atom. The standard InChI is InChI=1S/C23H22FN3O4/c24-18-8-6-17(7-9-18)16-31-20-4-1-3-19(15-20)25-23(29)27-12-10-26(11-13-27)22(28)21-5-2-14-30-21/h1-9,14-15H,10-13,16H2,(H,25,29). The molecule has 0 aliphatic carbocycles. The molecule has 2 heterocycles. The molecule has 0 radical (unpaired) electrons. The number of carbonyl (C=O) groups is 2. The first kappa shape index (κ1) is 20.5. The third-order valence-corrected chi connectivity index (χ3v) is 4.99. The summed E-state index contributed by atoms with van der Waals surface area (Å²) in [6, 6.07) is 16.3. The largest absolute Gasteiger partial charge is 0.489 e. The zero-order valence-corrected chi connectivity index (χ0v) is 16.8. The smallest absolute Gasteiger partial charge is 0.321 e. The van der Waals surface area contributed by atoms with Crippen molar-refractivity contribution in [3.63, 3.8) is 0 Å². The molecule has 7 nitrogen and oxygen atoms in total. The van der Waals surface area contributed by atoms with Crippen LogP contribution in [0.25, 0.3) is 0 Å². The summed E-state index contributed by atoms with van der Waals surface area (Å²) >= 11 is 0. The normalized spacial score (nSPS) is 13.7. The highest BCUT2D eigenvalue weighted by Gasteiger charge is 2.26. The molecule has 31 heavy (non-hydrogen) atoms. The lowest BCUT2D eigenvalue weighted by Gasteiger charge is -2.34. The summed E-state index contributed by atoms with van der Waals surface area (Å²) in [5, 5.41) is 2.86. The molecule has 0 unspecified atom stereocenters. The molecular weight excluding hydrogens is 401 g/mol. The van der Waals surface area contributed by atoms with Crippen molar-refractivity contribution in [1.82, 2.24) is 9.80 Å². The zero-order chi connectivity index (χ0) is 21.6. The van der Waals surface area contributed by atoms with Crippen molar-refractivity contribution in [3.8, 4) is 5.75 Å². The summed E-state index contributed by atoms with van der Waals surface area (Å²) in [6.45, 7) is 2.03. The maximum absolute atomic E-state index is 13.0. The molecule has 3 aromatic rings. The first-order valence-electron chi connectivity index (χ1n) is 9.94. The van der Waals surface area contributed by atoms with Gasteiger partial charge in [-0.3, -0.25) is 4.79 Å². The third kappa shape index (κ3) is 5.22. The van der Waals surface area contributed by atoms with Crippen LogP contribution in [0.3, 0.4) is 0 Å². The van der Waals surface area contributed by atoms with E-state index in [2.05, 4.69) is 5.32 Å². The molecule has 3 amide bonds. The van der Waals surface area contributed by atoms with Crippen LogP contribution in [0.1, 0.15) is 16.1 Å². The third-order valence-electron chi connectivity index (χ3n) is 4.99. The fourth-order valence-electron chi connectivity index (χ4n) is 3.28. The van der Waals surface area contributed by atoms with Crippen molar-refractivity contribution < 1.29 is 23.1 Å². The average Bonchev–Trinajstić information content (AvgIpc) is 3.34. The van der Waals surface area contributed by atoms with E-state index < -0.39 is 0 Å². The molecule has 0 spiro atoms. The molecule has 0 saturated carbocycles. The lowest BCUT2D eigenvalue weighted by Crippen LogP contribution is -2.51. The fraction of sp³-hybridized carbons (Fsp3) is 0.217. The molecule has 0 atom stereocenters. The van der Waals surface area contributed by atoms with E-state index in [0.29, 0.717) is 50.0 Å². The first-order chi connectivity index (χ1) is 15.1. The van der Waals surface area contributed by atoms with Crippen molar-refractivity contribution >= 4 is 17.6 Å². The number of nitrogens with one attached hydrogen (secondary N) is 1. The van der Waals surface area contributed by atoms with Crippen LogP contribution in [0.2, 0.25) is 0 Å². The highest BCUT2D eigenvalue weighted by atomic mass is 19.1. The Morgan fingerprint density at radius 2 is 1.71 bits per heavy atom. The Bertz CT molecular complexity index is 1030. The fourth-order valence-corrected chi connectivity index (χ4v) is 3.28. The SMILES string of the molecule is O=C(Nc1cccc(OCc2ccc(F)cc2)c1)N1CCN(C(=O)c2ccco2)CC1. The van der Waals surface area contributed by atoms with Gasteiger partial charge in [0.1, 0.15) is 18.2 Å². The van der Waals surface area contributed by atoms with Gasteiger partial charge in [0.05, 0.1) is 6.26 Å². The van der Waals surface area contributed by atoms with Gasteiger partial charge in [-0.2, -0.15) is 0 Å². The van der Waals surface area contributed by atoms with Crippen molar-refractivity contribution in [2.45, 2.75) is 6.61 Å². The van der Waals surface area contributed by atoms with Gasteiger partial charge >= 0.3 is 6.03 Å². The summed E-state index contributed by atoms with van der Waals surface area (Å²) in [5.74, 6) is 0.432. The summed E-state index contributed by atoms with van der Waals surface area (Å²) in [5.41, 5.74) is 1.45. The number of hydrogen-bond donors (Lipinski definition) is 1. The van der Waals surface area contributed by atoms with E-state index in [1.165, 1.54) is 18.4 Å². The second kappa shape index (κ2) is 9.34. The lowest BCUT2D eigenvalue weighted by molar-refractivity contribution is 0.0640. The Hall–Kier alpha value is -3.81. The predicted octanol–water partition coefficient (Wildman–Crippen LogP) is 3.99. The van der Waals surface area contributed by atoms with Crippen molar-refractivity contribution in [1.29, 1.82) is 0 Å². The van der Waals surface area contributed by atoms with Crippen LogP contribution < -0.4 is 10.1 Å². The van der Waals surface area contributed by atoms with Gasteiger partial charge in [-0.15, -0.1) is 0 Å². The van der Waals surface area contributed by atoms with Crippen molar-refractivity contribution in [3.05, 3.63) is 84.1 Å². The zero-order valence-electron chi connectivity index (χ0n) is 16.8. The summed E-state index contributed by atoms with van der Waals surface area (Å²) < 4.78 is 23.9. The molecule has 0 bridgehead atoms. The van der Waals surface area contributed by atoms with E-state index in [4.69, 9.17) is 9.15 Å². The lowest BCUT2D eigenvalue weighted by atomic mass is 10.2. The van der Waals surface area contributed by atoms with Crippen LogP contribution in [0.4, 0.5) is 14.9 Å². The average molecular weight is 423 g/mol. The molecule has 160 valence electrons. The van der Waals surface area contributed by atoms with Gasteiger partial charge in [0.15, 0.2) is 5.76 Å². The molecule has 1 aliphatic heterocycles. The number of carbonyl (C=O) groups excluding carboxylic acids is 2. The van der Waals surface area contributed by atoms with Gasteiger partial charge in [0.25, 0.3) is 5.91 Å². The van der Waals surface area contributed by atoms with E-state index in [1.54, 1.807) is 58.3 Å². The summed E-state index contributed by atoms with van der Waals surface area (Å²) in [4.78, 5) is 28.3. The molecule has 2 aromatic carbocycles. The number of anilines is 1. The summed E-state index contributed by atoms with van der Waals surface area (Å²) in [7, 11) is 0. The number of hydrogen-bond acceptors (Lipinski definition) is 4. The van der Waals surface area contributed by atoms with Crippen molar-refractivity contribution in [2.24, 2.45) is 0 Å². The van der Waals surface area contributed by atoms with Gasteiger partial charge in [-0.25, -0.2) is 9.18 Å². The van der Waals surface area contributed by atoms with E-state index in [-0.39, 0.29) is 17.8 Å². The van der Waals surface area contributed by atoms with E-state index in [9.17, 15) is 14.0 Å². The molecule has 4 rings (SSSR count). The quantitative estimate of drug-likeness (QED) is 0.674. The first-order valence-corrected chi connectivity index (χ1v) is 9.94. The van der Waals surface area contributed by atoms with Gasteiger partial charge in [0, 0.05) is 37.9 Å². The Kier molecular flexibility index (Phi) is 6.16.